The van der Waals surface area contributed by atoms with E-state index in [2.05, 4.69) is 29.3 Å². The molecule has 2 heterocycles. The molecule has 0 fully saturated rings. The van der Waals surface area contributed by atoms with E-state index in [4.69, 9.17) is 0 Å². The molecule has 0 atom stereocenters. The Morgan fingerprint density at radius 3 is 2.88 bits per heavy atom. The van der Waals surface area contributed by atoms with Crippen LogP contribution in [0.4, 0.5) is 5.69 Å². The van der Waals surface area contributed by atoms with Gasteiger partial charge in [0.1, 0.15) is 0 Å². The molecule has 0 bridgehead atoms. The number of thiophene rings is 2. The molecule has 2 nitrogen and oxygen atoms in total. The number of nitrogens with zero attached hydrogens (tertiary/aromatic N) is 1. The maximum absolute atomic E-state index is 10.6. The first-order valence-corrected chi connectivity index (χ1v) is 6.90. The highest BCUT2D eigenvalue weighted by atomic mass is 32.1. The van der Waals surface area contributed by atoms with Gasteiger partial charge in [0.15, 0.2) is 6.29 Å². The molecular formula is C12H13NOS2. The lowest BCUT2D eigenvalue weighted by molar-refractivity contribution is 0.112. The van der Waals surface area contributed by atoms with Gasteiger partial charge in [-0.15, -0.1) is 22.7 Å². The number of hydrogen-bond donors (Lipinski definition) is 0. The summed E-state index contributed by atoms with van der Waals surface area (Å²) in [5.41, 5.74) is 1.14. The van der Waals surface area contributed by atoms with Gasteiger partial charge in [0, 0.05) is 22.5 Å². The van der Waals surface area contributed by atoms with E-state index in [0.717, 1.165) is 29.9 Å². The third-order valence-corrected chi connectivity index (χ3v) is 4.10. The molecule has 2 aromatic heterocycles. The second-order valence-corrected chi connectivity index (χ2v) is 5.39. The van der Waals surface area contributed by atoms with E-state index < -0.39 is 0 Å². The minimum absolute atomic E-state index is 0.791. The smallest absolute Gasteiger partial charge is 0.160 e. The predicted molar refractivity (Wildman–Crippen MR) is 70.7 cm³/mol. The van der Waals surface area contributed by atoms with Crippen LogP contribution in [0.15, 0.2) is 29.0 Å². The van der Waals surface area contributed by atoms with E-state index in [1.807, 2.05) is 11.4 Å². The second kappa shape index (κ2) is 5.27. The highest BCUT2D eigenvalue weighted by Crippen LogP contribution is 2.24. The van der Waals surface area contributed by atoms with Crippen LogP contribution in [0.2, 0.25) is 0 Å². The summed E-state index contributed by atoms with van der Waals surface area (Å²) in [5, 5.41) is 4.13. The molecule has 0 aliphatic heterocycles. The van der Waals surface area contributed by atoms with E-state index in [-0.39, 0.29) is 0 Å². The molecule has 2 rings (SSSR count). The van der Waals surface area contributed by atoms with Crippen molar-refractivity contribution in [1.82, 2.24) is 0 Å². The number of rotatable bonds is 5. The molecule has 0 N–H and O–H groups in total. The summed E-state index contributed by atoms with van der Waals surface area (Å²) in [6.07, 6.45) is 0.910. The van der Waals surface area contributed by atoms with Gasteiger partial charge in [0.25, 0.3) is 0 Å². The van der Waals surface area contributed by atoms with Crippen LogP contribution in [0.25, 0.3) is 0 Å². The van der Waals surface area contributed by atoms with Crippen molar-refractivity contribution >= 4 is 34.6 Å². The van der Waals surface area contributed by atoms with Crippen molar-refractivity contribution in [3.05, 3.63) is 38.7 Å². The van der Waals surface area contributed by atoms with E-state index >= 15 is 0 Å². The van der Waals surface area contributed by atoms with E-state index in [9.17, 15) is 4.79 Å². The number of anilines is 1. The lowest BCUT2D eigenvalue weighted by atomic mass is 10.3. The monoisotopic (exact) mass is 251 g/mol. The maximum Gasteiger partial charge on any atom is 0.160 e. The minimum atomic E-state index is 0.791. The summed E-state index contributed by atoms with van der Waals surface area (Å²) in [6, 6.07) is 6.16. The molecule has 0 saturated carbocycles. The van der Waals surface area contributed by atoms with E-state index in [1.54, 1.807) is 11.3 Å². The third-order valence-electron chi connectivity index (χ3n) is 2.40. The quantitative estimate of drug-likeness (QED) is 0.756. The van der Waals surface area contributed by atoms with Crippen LogP contribution >= 0.6 is 22.7 Å². The molecular weight excluding hydrogens is 238 g/mol. The molecule has 84 valence electrons. The zero-order chi connectivity index (χ0) is 11.4. The zero-order valence-corrected chi connectivity index (χ0v) is 10.7. The van der Waals surface area contributed by atoms with Crippen molar-refractivity contribution in [2.24, 2.45) is 0 Å². The molecule has 0 unspecified atom stereocenters. The Morgan fingerprint density at radius 1 is 1.44 bits per heavy atom. The fourth-order valence-corrected chi connectivity index (χ4v) is 2.98. The summed E-state index contributed by atoms with van der Waals surface area (Å²) >= 11 is 3.27. The van der Waals surface area contributed by atoms with Crippen molar-refractivity contribution in [1.29, 1.82) is 0 Å². The van der Waals surface area contributed by atoms with Crippen LogP contribution in [-0.4, -0.2) is 12.8 Å². The Bertz CT molecular complexity index is 447. The van der Waals surface area contributed by atoms with Gasteiger partial charge in [0.2, 0.25) is 0 Å². The van der Waals surface area contributed by atoms with Crippen LogP contribution in [-0.2, 0) is 6.54 Å². The number of carbonyl (C=O) groups excluding carboxylic acids is 1. The largest absolute Gasteiger partial charge is 0.366 e. The highest BCUT2D eigenvalue weighted by Gasteiger charge is 2.08. The first-order valence-electron chi connectivity index (χ1n) is 5.14. The fourth-order valence-electron chi connectivity index (χ4n) is 1.55. The molecule has 0 aliphatic rings. The molecule has 2 aromatic rings. The Kier molecular flexibility index (Phi) is 3.74. The standard InChI is InChI=1S/C12H13NOS2/c1-2-13(7-11-4-3-5-15-11)10-6-12(8-14)16-9-10/h3-6,8-9H,2,7H2,1H3. The molecule has 0 saturated heterocycles. The normalized spacial score (nSPS) is 10.3. The molecule has 0 radical (unpaired) electrons. The molecule has 0 spiro atoms. The SMILES string of the molecule is CCN(Cc1cccs1)c1csc(C=O)c1. The Labute approximate surface area is 103 Å². The average Bonchev–Trinajstić information content (AvgIpc) is 2.96. The Balaban J connectivity index is 2.12. The first-order chi connectivity index (χ1) is 7.83. The topological polar surface area (TPSA) is 20.3 Å². The summed E-state index contributed by atoms with van der Waals surface area (Å²) in [6.45, 7) is 4.00. The lowest BCUT2D eigenvalue weighted by Gasteiger charge is -2.20. The van der Waals surface area contributed by atoms with E-state index in [0.29, 0.717) is 0 Å². The molecule has 16 heavy (non-hydrogen) atoms. The predicted octanol–water partition coefficient (Wildman–Crippen LogP) is 3.65. The van der Waals surface area contributed by atoms with Crippen LogP contribution in [0.1, 0.15) is 21.5 Å². The summed E-state index contributed by atoms with van der Waals surface area (Å²) in [7, 11) is 0. The molecule has 4 heteroatoms. The third kappa shape index (κ3) is 2.51. The van der Waals surface area contributed by atoms with Gasteiger partial charge in [0.05, 0.1) is 11.4 Å². The Morgan fingerprint density at radius 2 is 2.31 bits per heavy atom. The van der Waals surface area contributed by atoms with Crippen LogP contribution in [0.5, 0.6) is 0 Å². The van der Waals surface area contributed by atoms with Crippen molar-refractivity contribution < 1.29 is 4.79 Å². The van der Waals surface area contributed by atoms with Crippen molar-refractivity contribution in [3.63, 3.8) is 0 Å². The average molecular weight is 251 g/mol. The summed E-state index contributed by atoms with van der Waals surface area (Å²) in [4.78, 5) is 15.1. The van der Waals surface area contributed by atoms with Gasteiger partial charge in [-0.3, -0.25) is 4.79 Å². The summed E-state index contributed by atoms with van der Waals surface area (Å²) < 4.78 is 0. The van der Waals surface area contributed by atoms with Crippen molar-refractivity contribution in [2.75, 3.05) is 11.4 Å². The van der Waals surface area contributed by atoms with Gasteiger partial charge < -0.3 is 4.90 Å². The molecule has 0 amide bonds. The first kappa shape index (κ1) is 11.4. The zero-order valence-electron chi connectivity index (χ0n) is 9.05. The Hall–Kier alpha value is -1.13. The van der Waals surface area contributed by atoms with Crippen molar-refractivity contribution in [2.45, 2.75) is 13.5 Å². The fraction of sp³-hybridized carbons (Fsp3) is 0.250. The highest BCUT2D eigenvalue weighted by molar-refractivity contribution is 7.12. The number of carbonyl (C=O) groups is 1. The van der Waals surface area contributed by atoms with Crippen LogP contribution in [0.3, 0.4) is 0 Å². The van der Waals surface area contributed by atoms with Crippen molar-refractivity contribution in [3.8, 4) is 0 Å². The van der Waals surface area contributed by atoms with Gasteiger partial charge in [-0.2, -0.15) is 0 Å². The number of aldehydes is 1. The maximum atomic E-state index is 10.6. The molecule has 0 aliphatic carbocycles. The summed E-state index contributed by atoms with van der Waals surface area (Å²) in [5.74, 6) is 0. The van der Waals surface area contributed by atoms with E-state index in [1.165, 1.54) is 16.2 Å². The second-order valence-electron chi connectivity index (χ2n) is 3.42. The minimum Gasteiger partial charge on any atom is -0.366 e. The van der Waals surface area contributed by atoms with Gasteiger partial charge in [-0.05, 0) is 24.4 Å². The molecule has 0 aromatic carbocycles. The lowest BCUT2D eigenvalue weighted by Crippen LogP contribution is -2.20. The van der Waals surface area contributed by atoms with Gasteiger partial charge in [-0.25, -0.2) is 0 Å². The van der Waals surface area contributed by atoms with Crippen LogP contribution in [0, 0.1) is 0 Å². The number of hydrogen-bond acceptors (Lipinski definition) is 4. The van der Waals surface area contributed by atoms with Crippen LogP contribution < -0.4 is 4.90 Å². The van der Waals surface area contributed by atoms with Gasteiger partial charge >= 0.3 is 0 Å². The van der Waals surface area contributed by atoms with Gasteiger partial charge in [-0.1, -0.05) is 6.07 Å².